The number of Topliss-reactive ketones (excluding diaryl/α,β-unsaturated/α-hetero) is 1. The molecule has 1 atom stereocenters. The zero-order valence-electron chi connectivity index (χ0n) is 12.1. The molecule has 0 bridgehead atoms. The molecule has 2 saturated carbocycles. The third-order valence-electron chi connectivity index (χ3n) is 5.02. The molecule has 0 spiro atoms. The number of hydrogen-bond acceptors (Lipinski definition) is 3. The van der Waals surface area contributed by atoms with E-state index in [1.807, 2.05) is 0 Å². The van der Waals surface area contributed by atoms with Gasteiger partial charge < -0.3 is 0 Å². The number of carbonyl (C=O) groups is 1. The Labute approximate surface area is 122 Å². The number of ketones is 1. The smallest absolute Gasteiger partial charge is 0.268 e. The summed E-state index contributed by atoms with van der Waals surface area (Å²) in [5.74, 6) is 0.0424. The molecule has 4 nitrogen and oxygen atoms in total. The van der Waals surface area contributed by atoms with Crippen LogP contribution in [0.4, 0.5) is 0 Å². The van der Waals surface area contributed by atoms with Crippen molar-refractivity contribution in [3.8, 4) is 0 Å². The molecule has 0 aromatic carbocycles. The molecule has 0 amide bonds. The lowest BCUT2D eigenvalue weighted by molar-refractivity contribution is -0.124. The van der Waals surface area contributed by atoms with E-state index in [2.05, 4.69) is 0 Å². The largest absolute Gasteiger partial charge is 0.299 e. The molecule has 0 aromatic rings. The first-order chi connectivity index (χ1) is 9.48. The van der Waals surface area contributed by atoms with Gasteiger partial charge in [0.05, 0.1) is 5.25 Å². The summed E-state index contributed by atoms with van der Waals surface area (Å²) in [6, 6.07) is 0. The molecule has 116 valence electrons. The van der Waals surface area contributed by atoms with Crippen molar-refractivity contribution >= 4 is 15.9 Å². The van der Waals surface area contributed by atoms with Crippen LogP contribution >= 0.6 is 0 Å². The van der Waals surface area contributed by atoms with E-state index in [0.717, 1.165) is 57.8 Å². The Balaban J connectivity index is 2.01. The summed E-state index contributed by atoms with van der Waals surface area (Å²) in [6.07, 6.45) is 9.90. The third-order valence-corrected chi connectivity index (χ3v) is 6.34. The minimum absolute atomic E-state index is 0.0220. The maximum atomic E-state index is 12.3. The van der Waals surface area contributed by atoms with Gasteiger partial charge in [0.2, 0.25) is 0 Å². The Morgan fingerprint density at radius 3 is 1.95 bits per heavy atom. The molecule has 5 heteroatoms. The quantitative estimate of drug-likeness (QED) is 0.790. The van der Waals surface area contributed by atoms with Gasteiger partial charge in [-0.15, -0.1) is 0 Å². The summed E-state index contributed by atoms with van der Waals surface area (Å²) in [6.45, 7) is 0. The first kappa shape index (κ1) is 16.0. The number of carbonyl (C=O) groups excluding carboxylic acids is 1. The van der Waals surface area contributed by atoms with Gasteiger partial charge in [0.15, 0.2) is 0 Å². The van der Waals surface area contributed by atoms with Gasteiger partial charge in [-0.1, -0.05) is 38.5 Å². The first-order valence-electron chi connectivity index (χ1n) is 7.97. The summed E-state index contributed by atoms with van der Waals surface area (Å²) in [7, 11) is -4.12. The van der Waals surface area contributed by atoms with Crippen molar-refractivity contribution in [2.75, 3.05) is 0 Å². The highest BCUT2D eigenvalue weighted by Gasteiger charge is 2.36. The Hall–Kier alpha value is -0.420. The molecule has 0 radical (unpaired) electrons. The summed E-state index contributed by atoms with van der Waals surface area (Å²) >= 11 is 0. The summed E-state index contributed by atoms with van der Waals surface area (Å²) in [4.78, 5) is 12.3. The summed E-state index contributed by atoms with van der Waals surface area (Å²) < 4.78 is 32.8. The molecule has 0 heterocycles. The summed E-state index contributed by atoms with van der Waals surface area (Å²) in [5, 5.41) is -0.864. The standard InChI is InChI=1S/C15H26O4S/c16-14(12-7-3-1-4-8-12)11-15(20(17,18)19)13-9-5-2-6-10-13/h12-13,15H,1-11H2,(H,17,18,19). The van der Waals surface area contributed by atoms with Gasteiger partial charge >= 0.3 is 0 Å². The Kier molecular flexibility index (Phi) is 5.61. The van der Waals surface area contributed by atoms with Gasteiger partial charge in [-0.2, -0.15) is 8.42 Å². The van der Waals surface area contributed by atoms with Crippen molar-refractivity contribution in [3.05, 3.63) is 0 Å². The van der Waals surface area contributed by atoms with Crippen LogP contribution in [0.25, 0.3) is 0 Å². The minimum Gasteiger partial charge on any atom is -0.299 e. The SMILES string of the molecule is O=C(CC(C1CCCCC1)S(=O)(=O)O)C1CCCCC1. The lowest BCUT2D eigenvalue weighted by Crippen LogP contribution is -2.35. The van der Waals surface area contributed by atoms with Crippen LogP contribution in [0.15, 0.2) is 0 Å². The van der Waals surface area contributed by atoms with E-state index in [1.165, 1.54) is 6.42 Å². The fraction of sp³-hybridized carbons (Fsp3) is 0.933. The van der Waals surface area contributed by atoms with Gasteiger partial charge in [-0.25, -0.2) is 0 Å². The number of hydrogen-bond donors (Lipinski definition) is 1. The zero-order valence-corrected chi connectivity index (χ0v) is 12.9. The Bertz CT molecular complexity index is 417. The molecule has 2 aliphatic rings. The highest BCUT2D eigenvalue weighted by atomic mass is 32.2. The minimum atomic E-state index is -4.12. The topological polar surface area (TPSA) is 71.4 Å². The second kappa shape index (κ2) is 7.03. The van der Waals surface area contributed by atoms with Crippen LogP contribution < -0.4 is 0 Å². The van der Waals surface area contributed by atoms with Crippen LogP contribution in [0.5, 0.6) is 0 Å². The zero-order chi connectivity index (χ0) is 14.6. The van der Waals surface area contributed by atoms with E-state index >= 15 is 0 Å². The first-order valence-corrected chi connectivity index (χ1v) is 9.48. The van der Waals surface area contributed by atoms with Crippen molar-refractivity contribution in [1.82, 2.24) is 0 Å². The van der Waals surface area contributed by atoms with E-state index in [9.17, 15) is 17.8 Å². The number of rotatable bonds is 5. The van der Waals surface area contributed by atoms with Crippen LogP contribution in [-0.4, -0.2) is 24.0 Å². The highest BCUT2D eigenvalue weighted by Crippen LogP contribution is 2.33. The van der Waals surface area contributed by atoms with Gasteiger partial charge in [0.1, 0.15) is 5.78 Å². The molecule has 0 aliphatic heterocycles. The predicted molar refractivity (Wildman–Crippen MR) is 78.1 cm³/mol. The van der Waals surface area contributed by atoms with Crippen molar-refractivity contribution < 1.29 is 17.8 Å². The lowest BCUT2D eigenvalue weighted by atomic mass is 9.81. The molecular weight excluding hydrogens is 276 g/mol. The summed E-state index contributed by atoms with van der Waals surface area (Å²) in [5.41, 5.74) is 0. The van der Waals surface area contributed by atoms with Crippen molar-refractivity contribution in [2.24, 2.45) is 11.8 Å². The average molecular weight is 302 g/mol. The van der Waals surface area contributed by atoms with Crippen molar-refractivity contribution in [3.63, 3.8) is 0 Å². The fourth-order valence-corrected chi connectivity index (χ4v) is 4.94. The maximum Gasteiger partial charge on any atom is 0.268 e. The Morgan fingerprint density at radius 1 is 0.950 bits per heavy atom. The molecule has 0 saturated heterocycles. The van der Waals surface area contributed by atoms with Crippen LogP contribution in [0.2, 0.25) is 0 Å². The van der Waals surface area contributed by atoms with Gasteiger partial charge in [0, 0.05) is 12.3 Å². The molecule has 1 unspecified atom stereocenters. The fourth-order valence-electron chi connectivity index (χ4n) is 3.81. The van der Waals surface area contributed by atoms with Crippen LogP contribution in [0.3, 0.4) is 0 Å². The Morgan fingerprint density at radius 2 is 1.45 bits per heavy atom. The monoisotopic (exact) mass is 302 g/mol. The van der Waals surface area contributed by atoms with Crippen LogP contribution in [-0.2, 0) is 14.9 Å². The van der Waals surface area contributed by atoms with E-state index in [0.29, 0.717) is 0 Å². The second-order valence-corrected chi connectivity index (χ2v) is 8.09. The predicted octanol–water partition coefficient (Wildman–Crippen LogP) is 3.36. The third kappa shape index (κ3) is 4.29. The van der Waals surface area contributed by atoms with Crippen molar-refractivity contribution in [1.29, 1.82) is 0 Å². The molecule has 2 fully saturated rings. The maximum absolute atomic E-state index is 12.3. The van der Waals surface area contributed by atoms with Gasteiger partial charge in [-0.3, -0.25) is 9.35 Å². The van der Waals surface area contributed by atoms with Crippen molar-refractivity contribution in [2.45, 2.75) is 75.9 Å². The van der Waals surface area contributed by atoms with Crippen LogP contribution in [0, 0.1) is 11.8 Å². The second-order valence-electron chi connectivity index (χ2n) is 6.46. The average Bonchev–Trinajstić information content (AvgIpc) is 2.45. The van der Waals surface area contributed by atoms with E-state index in [1.54, 1.807) is 0 Å². The van der Waals surface area contributed by atoms with Gasteiger partial charge in [-0.05, 0) is 31.6 Å². The molecular formula is C15H26O4S. The van der Waals surface area contributed by atoms with Crippen LogP contribution in [0.1, 0.15) is 70.6 Å². The molecule has 2 aliphatic carbocycles. The van der Waals surface area contributed by atoms with Gasteiger partial charge in [0.25, 0.3) is 10.1 Å². The van der Waals surface area contributed by atoms with E-state index in [4.69, 9.17) is 0 Å². The normalized spacial score (nSPS) is 24.4. The molecule has 2 rings (SSSR count). The van der Waals surface area contributed by atoms with E-state index in [-0.39, 0.29) is 24.0 Å². The molecule has 0 aromatic heterocycles. The van der Waals surface area contributed by atoms with E-state index < -0.39 is 15.4 Å². The molecule has 20 heavy (non-hydrogen) atoms. The molecule has 1 N–H and O–H groups in total. The lowest BCUT2D eigenvalue weighted by Gasteiger charge is -2.29. The highest BCUT2D eigenvalue weighted by molar-refractivity contribution is 7.86.